The summed E-state index contributed by atoms with van der Waals surface area (Å²) in [5.74, 6) is 0. The van der Waals surface area contributed by atoms with Crippen LogP contribution in [0, 0.1) is 0 Å². The molecule has 5 nitrogen and oxygen atoms in total. The molecule has 0 aromatic carbocycles. The number of nitrogens with zero attached hydrogens (tertiary/aromatic N) is 2. The minimum Gasteiger partial charge on any atom is -0.255 e. The van der Waals surface area contributed by atoms with Crippen molar-refractivity contribution in [1.29, 1.82) is 0 Å². The van der Waals surface area contributed by atoms with E-state index in [0.717, 1.165) is 29.8 Å². The van der Waals surface area contributed by atoms with Gasteiger partial charge in [0.05, 0.1) is 5.69 Å². The molecule has 0 saturated carbocycles. The number of aromatic nitrogens is 2. The van der Waals surface area contributed by atoms with E-state index in [9.17, 15) is 8.42 Å². The molecule has 0 amide bonds. The Morgan fingerprint density at radius 1 is 1.37 bits per heavy atom. The number of sulfonamides is 1. The summed E-state index contributed by atoms with van der Waals surface area (Å²) >= 11 is 7.19. The molecule has 0 radical (unpaired) electrons. The molecule has 8 heteroatoms. The number of hydrogen-bond donors (Lipinski definition) is 1. The number of anilines is 1. The molecule has 0 bridgehead atoms. The van der Waals surface area contributed by atoms with Gasteiger partial charge in [-0.2, -0.15) is 0 Å². The minimum atomic E-state index is -3.73. The topological polar surface area (TPSA) is 72.0 Å². The van der Waals surface area contributed by atoms with Gasteiger partial charge in [0.25, 0.3) is 10.0 Å². The Labute approximate surface area is 119 Å². The summed E-state index contributed by atoms with van der Waals surface area (Å²) in [6.07, 6.45) is 4.43. The molecule has 0 fully saturated rings. The maximum Gasteiger partial charge on any atom is 0.266 e. The third-order valence-electron chi connectivity index (χ3n) is 2.83. The molecule has 3 rings (SSSR count). The predicted molar refractivity (Wildman–Crippen MR) is 74.2 cm³/mol. The van der Waals surface area contributed by atoms with Gasteiger partial charge in [0.1, 0.15) is 10.0 Å². The molecule has 0 unspecified atom stereocenters. The van der Waals surface area contributed by atoms with E-state index in [1.165, 1.54) is 29.7 Å². The number of nitrogens with one attached hydrogen (secondary N) is 1. The first-order valence-electron chi connectivity index (χ1n) is 5.68. The van der Waals surface area contributed by atoms with Gasteiger partial charge < -0.3 is 0 Å². The van der Waals surface area contributed by atoms with Crippen molar-refractivity contribution >= 4 is 38.1 Å². The molecule has 100 valence electrons. The van der Waals surface area contributed by atoms with Gasteiger partial charge in [0, 0.05) is 11.1 Å². The fourth-order valence-corrected chi connectivity index (χ4v) is 4.71. The van der Waals surface area contributed by atoms with Crippen molar-refractivity contribution in [2.75, 3.05) is 4.72 Å². The zero-order chi connectivity index (χ0) is 13.5. The maximum absolute atomic E-state index is 12.2. The van der Waals surface area contributed by atoms with Gasteiger partial charge in [-0.3, -0.25) is 4.72 Å². The number of thiazole rings is 1. The van der Waals surface area contributed by atoms with Crippen molar-refractivity contribution in [1.82, 2.24) is 9.97 Å². The highest BCUT2D eigenvalue weighted by Crippen LogP contribution is 2.32. The van der Waals surface area contributed by atoms with Gasteiger partial charge in [0.2, 0.25) is 0 Å². The summed E-state index contributed by atoms with van der Waals surface area (Å²) in [6, 6.07) is 2.95. The van der Waals surface area contributed by atoms with Gasteiger partial charge >= 0.3 is 0 Å². The van der Waals surface area contributed by atoms with Crippen LogP contribution < -0.4 is 4.72 Å². The lowest BCUT2D eigenvalue weighted by Gasteiger charge is -2.05. The second-order valence-electron chi connectivity index (χ2n) is 4.14. The average molecular weight is 316 g/mol. The lowest BCUT2D eigenvalue weighted by Crippen LogP contribution is -2.13. The van der Waals surface area contributed by atoms with Gasteiger partial charge in [-0.05, 0) is 31.4 Å². The van der Waals surface area contributed by atoms with E-state index >= 15 is 0 Å². The third-order valence-corrected chi connectivity index (χ3v) is 5.82. The van der Waals surface area contributed by atoms with Crippen LogP contribution in [-0.4, -0.2) is 18.4 Å². The summed E-state index contributed by atoms with van der Waals surface area (Å²) < 4.78 is 26.8. The van der Waals surface area contributed by atoms with E-state index in [4.69, 9.17) is 11.6 Å². The molecular formula is C11H10ClN3O2S2. The molecule has 1 aliphatic rings. The smallest absolute Gasteiger partial charge is 0.255 e. The average Bonchev–Trinajstić information content (AvgIpc) is 2.89. The van der Waals surface area contributed by atoms with Crippen LogP contribution in [0.1, 0.15) is 17.0 Å². The highest BCUT2D eigenvalue weighted by atomic mass is 35.5. The molecule has 0 saturated heterocycles. The summed E-state index contributed by atoms with van der Waals surface area (Å²) in [4.78, 5) is 9.19. The second-order valence-corrected chi connectivity index (χ2v) is 7.23. The van der Waals surface area contributed by atoms with Gasteiger partial charge in [-0.15, -0.1) is 11.3 Å². The predicted octanol–water partition coefficient (Wildman–Crippen LogP) is 2.48. The normalized spacial score (nSPS) is 14.4. The van der Waals surface area contributed by atoms with Crippen LogP contribution >= 0.6 is 22.9 Å². The highest BCUT2D eigenvalue weighted by Gasteiger charge is 2.22. The van der Waals surface area contributed by atoms with E-state index in [-0.39, 0.29) is 10.0 Å². The Kier molecular flexibility index (Phi) is 3.20. The number of halogens is 1. The standard InChI is InChI=1S/C11H10ClN3O2S2/c12-10-9(5-2-6-13-10)19(16,17)15-11-14-7-3-1-4-8(7)18-11/h2,5-6H,1,3-4H2,(H,14,15). The van der Waals surface area contributed by atoms with E-state index in [2.05, 4.69) is 14.7 Å². The molecule has 2 aromatic heterocycles. The van der Waals surface area contributed by atoms with Crippen LogP contribution in [0.4, 0.5) is 5.13 Å². The molecule has 0 atom stereocenters. The number of aryl methyl sites for hydroxylation is 2. The molecule has 2 aromatic rings. The minimum absolute atomic E-state index is 0.0352. The molecule has 0 aliphatic heterocycles. The SMILES string of the molecule is O=S(=O)(Nc1nc2c(s1)CCC2)c1cccnc1Cl. The monoisotopic (exact) mass is 315 g/mol. The first kappa shape index (κ1) is 12.8. The Balaban J connectivity index is 1.91. The van der Waals surface area contributed by atoms with Crippen molar-refractivity contribution in [3.63, 3.8) is 0 Å². The second kappa shape index (κ2) is 4.73. The van der Waals surface area contributed by atoms with Crippen molar-refractivity contribution in [2.45, 2.75) is 24.2 Å². The van der Waals surface area contributed by atoms with Crippen LogP contribution in [0.3, 0.4) is 0 Å². The zero-order valence-corrected chi connectivity index (χ0v) is 12.1. The third kappa shape index (κ3) is 2.45. The van der Waals surface area contributed by atoms with E-state index < -0.39 is 10.0 Å². The number of rotatable bonds is 3. The zero-order valence-electron chi connectivity index (χ0n) is 9.76. The number of pyridine rings is 1. The van der Waals surface area contributed by atoms with Gasteiger partial charge in [-0.1, -0.05) is 11.6 Å². The number of hydrogen-bond acceptors (Lipinski definition) is 5. The van der Waals surface area contributed by atoms with E-state index in [1.54, 1.807) is 0 Å². The fraction of sp³-hybridized carbons (Fsp3) is 0.273. The van der Waals surface area contributed by atoms with Gasteiger partial charge in [0.15, 0.2) is 5.13 Å². The van der Waals surface area contributed by atoms with Crippen molar-refractivity contribution in [2.24, 2.45) is 0 Å². The van der Waals surface area contributed by atoms with Crippen molar-refractivity contribution in [3.05, 3.63) is 34.1 Å². The number of fused-ring (bicyclic) bond motifs is 1. The van der Waals surface area contributed by atoms with E-state index in [1.807, 2.05) is 0 Å². The first-order chi connectivity index (χ1) is 9.06. The lowest BCUT2D eigenvalue weighted by atomic mass is 10.4. The van der Waals surface area contributed by atoms with Crippen LogP contribution in [0.5, 0.6) is 0 Å². The highest BCUT2D eigenvalue weighted by molar-refractivity contribution is 7.93. The Morgan fingerprint density at radius 3 is 2.95 bits per heavy atom. The molecule has 0 spiro atoms. The Morgan fingerprint density at radius 2 is 2.21 bits per heavy atom. The molecule has 1 N–H and O–H groups in total. The van der Waals surface area contributed by atoms with Crippen molar-refractivity contribution < 1.29 is 8.42 Å². The van der Waals surface area contributed by atoms with Crippen LogP contribution in [0.2, 0.25) is 5.15 Å². The molecule has 1 aliphatic carbocycles. The van der Waals surface area contributed by atoms with Crippen LogP contribution in [-0.2, 0) is 22.9 Å². The lowest BCUT2D eigenvalue weighted by molar-refractivity contribution is 0.601. The molecule has 2 heterocycles. The van der Waals surface area contributed by atoms with Crippen LogP contribution in [0.15, 0.2) is 23.2 Å². The summed E-state index contributed by atoms with van der Waals surface area (Å²) in [5, 5.41) is 0.351. The Hall–Kier alpha value is -1.18. The first-order valence-corrected chi connectivity index (χ1v) is 8.36. The summed E-state index contributed by atoms with van der Waals surface area (Å²) in [5.41, 5.74) is 1.000. The van der Waals surface area contributed by atoms with E-state index in [0.29, 0.717) is 5.13 Å². The summed E-state index contributed by atoms with van der Waals surface area (Å²) in [6.45, 7) is 0. The quantitative estimate of drug-likeness (QED) is 0.883. The summed E-state index contributed by atoms with van der Waals surface area (Å²) in [7, 11) is -3.73. The van der Waals surface area contributed by atoms with Crippen molar-refractivity contribution in [3.8, 4) is 0 Å². The maximum atomic E-state index is 12.2. The molecular weight excluding hydrogens is 306 g/mol. The fourth-order valence-electron chi connectivity index (χ4n) is 1.98. The van der Waals surface area contributed by atoms with Gasteiger partial charge in [-0.25, -0.2) is 18.4 Å². The Bertz CT molecular complexity index is 706. The largest absolute Gasteiger partial charge is 0.266 e. The molecule has 19 heavy (non-hydrogen) atoms. The van der Waals surface area contributed by atoms with Crippen LogP contribution in [0.25, 0.3) is 0 Å².